The van der Waals surface area contributed by atoms with E-state index in [0.717, 1.165) is 19.3 Å². The fourth-order valence-corrected chi connectivity index (χ4v) is 2.72. The minimum atomic E-state index is -0.940. The maximum Gasteiger partial charge on any atom is 0.328 e. The third-order valence-corrected chi connectivity index (χ3v) is 4.09. The summed E-state index contributed by atoms with van der Waals surface area (Å²) >= 11 is 0. The molecule has 2 amide bonds. The number of ether oxygens (including phenoxy) is 1. The Morgan fingerprint density at radius 3 is 2.68 bits per heavy atom. The van der Waals surface area contributed by atoms with Gasteiger partial charge in [0.1, 0.15) is 11.6 Å². The molecule has 1 atom stereocenters. The summed E-state index contributed by atoms with van der Waals surface area (Å²) in [5.74, 6) is -1.75. The highest BCUT2D eigenvalue weighted by Gasteiger charge is 2.33. The topological polar surface area (TPSA) is 121 Å². The van der Waals surface area contributed by atoms with Crippen LogP contribution in [-0.2, 0) is 14.3 Å². The zero-order valence-electron chi connectivity index (χ0n) is 14.0. The molecule has 1 aromatic heterocycles. The van der Waals surface area contributed by atoms with E-state index in [1.54, 1.807) is 6.07 Å². The van der Waals surface area contributed by atoms with Crippen LogP contribution in [0, 0.1) is 11.3 Å². The van der Waals surface area contributed by atoms with Gasteiger partial charge in [-0.2, -0.15) is 5.26 Å². The number of carbonyl (C=O) groups excluding carboxylic acids is 3. The molecule has 2 rings (SSSR count). The Kier molecular flexibility index (Phi) is 6.17. The lowest BCUT2D eigenvalue weighted by molar-refractivity contribution is -0.150. The lowest BCUT2D eigenvalue weighted by Crippen LogP contribution is -2.50. The van der Waals surface area contributed by atoms with Crippen molar-refractivity contribution in [3.63, 3.8) is 0 Å². The molecule has 2 N–H and O–H groups in total. The third-order valence-electron chi connectivity index (χ3n) is 4.09. The Balaban J connectivity index is 1.77. The number of amides is 2. The second kappa shape index (κ2) is 8.33. The van der Waals surface area contributed by atoms with Gasteiger partial charge in [0.2, 0.25) is 0 Å². The normalized spacial score (nSPS) is 17.0. The Morgan fingerprint density at radius 1 is 1.36 bits per heavy atom. The predicted molar refractivity (Wildman–Crippen MR) is 86.2 cm³/mol. The van der Waals surface area contributed by atoms with E-state index in [1.165, 1.54) is 19.3 Å². The number of hydrogen-bond acceptors (Lipinski definition) is 6. The summed E-state index contributed by atoms with van der Waals surface area (Å²) in [7, 11) is 0. The molecule has 8 nitrogen and oxygen atoms in total. The van der Waals surface area contributed by atoms with Gasteiger partial charge in [0, 0.05) is 0 Å². The molecule has 1 heterocycles. The molecule has 1 aromatic rings. The summed E-state index contributed by atoms with van der Waals surface area (Å²) in [4.78, 5) is 35.6. The average molecular weight is 347 g/mol. The standard InChI is InChI=1S/C17H21N3O5/c1-12(19-15(22)13-6-5-9-24-13)16(23)25-10-14(21)20-17(11-18)7-3-2-4-8-17/h5-6,9,12H,2-4,7-8,10H2,1H3,(H,19,22)(H,20,21). The first-order valence-corrected chi connectivity index (χ1v) is 8.19. The average Bonchev–Trinajstić information content (AvgIpc) is 3.15. The van der Waals surface area contributed by atoms with Crippen LogP contribution in [0.4, 0.5) is 0 Å². The molecule has 1 aliphatic rings. The Labute approximate surface area is 145 Å². The van der Waals surface area contributed by atoms with Crippen molar-refractivity contribution in [1.29, 1.82) is 5.26 Å². The maximum absolute atomic E-state index is 12.0. The molecular weight excluding hydrogens is 326 g/mol. The molecule has 25 heavy (non-hydrogen) atoms. The van der Waals surface area contributed by atoms with Crippen LogP contribution in [0.5, 0.6) is 0 Å². The van der Waals surface area contributed by atoms with E-state index in [-0.39, 0.29) is 5.76 Å². The smallest absolute Gasteiger partial charge is 0.328 e. The lowest BCUT2D eigenvalue weighted by atomic mass is 9.83. The van der Waals surface area contributed by atoms with Gasteiger partial charge in [-0.25, -0.2) is 4.79 Å². The van der Waals surface area contributed by atoms with Gasteiger partial charge >= 0.3 is 5.97 Å². The van der Waals surface area contributed by atoms with Crippen LogP contribution in [0.3, 0.4) is 0 Å². The van der Waals surface area contributed by atoms with E-state index >= 15 is 0 Å². The summed E-state index contributed by atoms with van der Waals surface area (Å²) < 4.78 is 9.83. The Hall–Kier alpha value is -2.82. The quantitative estimate of drug-likeness (QED) is 0.748. The maximum atomic E-state index is 12.0. The number of esters is 1. The van der Waals surface area contributed by atoms with Crippen molar-refractivity contribution in [3.8, 4) is 6.07 Å². The van der Waals surface area contributed by atoms with Crippen LogP contribution in [0.25, 0.3) is 0 Å². The first-order valence-electron chi connectivity index (χ1n) is 8.19. The molecule has 0 aliphatic heterocycles. The summed E-state index contributed by atoms with van der Waals surface area (Å²) in [5.41, 5.74) is -0.874. The monoisotopic (exact) mass is 347 g/mol. The Bertz CT molecular complexity index is 656. The molecule has 0 bridgehead atoms. The van der Waals surface area contributed by atoms with Gasteiger partial charge in [-0.3, -0.25) is 9.59 Å². The van der Waals surface area contributed by atoms with Crippen LogP contribution in [0.15, 0.2) is 22.8 Å². The first kappa shape index (κ1) is 18.5. The molecule has 1 saturated carbocycles. The van der Waals surface area contributed by atoms with Gasteiger partial charge in [-0.05, 0) is 31.9 Å². The van der Waals surface area contributed by atoms with Crippen molar-refractivity contribution in [1.82, 2.24) is 10.6 Å². The van der Waals surface area contributed by atoms with Crippen LogP contribution in [0.2, 0.25) is 0 Å². The fraction of sp³-hybridized carbons (Fsp3) is 0.529. The molecule has 1 fully saturated rings. The molecule has 0 radical (unpaired) electrons. The van der Waals surface area contributed by atoms with Crippen LogP contribution in [-0.4, -0.2) is 36.0 Å². The summed E-state index contributed by atoms with van der Waals surface area (Å²) in [6.07, 6.45) is 5.34. The zero-order valence-corrected chi connectivity index (χ0v) is 14.0. The molecule has 1 unspecified atom stereocenters. The van der Waals surface area contributed by atoms with E-state index in [9.17, 15) is 19.6 Å². The number of nitriles is 1. The number of furan rings is 1. The van der Waals surface area contributed by atoms with Crippen molar-refractivity contribution < 1.29 is 23.5 Å². The van der Waals surface area contributed by atoms with E-state index in [1.807, 2.05) is 0 Å². The number of nitrogens with zero attached hydrogens (tertiary/aromatic N) is 1. The van der Waals surface area contributed by atoms with Gasteiger partial charge in [0.25, 0.3) is 11.8 Å². The van der Waals surface area contributed by atoms with Crippen LogP contribution < -0.4 is 10.6 Å². The minimum absolute atomic E-state index is 0.0747. The second-order valence-electron chi connectivity index (χ2n) is 6.08. The van der Waals surface area contributed by atoms with E-state index in [4.69, 9.17) is 9.15 Å². The van der Waals surface area contributed by atoms with Gasteiger partial charge < -0.3 is 19.8 Å². The SMILES string of the molecule is CC(NC(=O)c1ccco1)C(=O)OCC(=O)NC1(C#N)CCCCC1. The van der Waals surface area contributed by atoms with E-state index in [2.05, 4.69) is 16.7 Å². The van der Waals surface area contributed by atoms with Crippen molar-refractivity contribution in [2.45, 2.75) is 50.6 Å². The van der Waals surface area contributed by atoms with E-state index < -0.39 is 36.0 Å². The molecular formula is C17H21N3O5. The minimum Gasteiger partial charge on any atom is -0.459 e. The summed E-state index contributed by atoms with van der Waals surface area (Å²) in [5, 5.41) is 14.4. The molecule has 1 aliphatic carbocycles. The number of nitrogens with one attached hydrogen (secondary N) is 2. The largest absolute Gasteiger partial charge is 0.459 e. The van der Waals surface area contributed by atoms with Gasteiger partial charge in [-0.1, -0.05) is 19.3 Å². The van der Waals surface area contributed by atoms with Gasteiger partial charge in [0.15, 0.2) is 12.4 Å². The van der Waals surface area contributed by atoms with Gasteiger partial charge in [0.05, 0.1) is 12.3 Å². The highest BCUT2D eigenvalue weighted by Crippen LogP contribution is 2.27. The molecule has 0 saturated heterocycles. The van der Waals surface area contributed by atoms with Crippen molar-refractivity contribution in [2.75, 3.05) is 6.61 Å². The molecule has 0 aromatic carbocycles. The number of rotatable bonds is 6. The highest BCUT2D eigenvalue weighted by molar-refractivity contribution is 5.94. The second-order valence-corrected chi connectivity index (χ2v) is 6.08. The third kappa shape index (κ3) is 5.08. The summed E-state index contributed by atoms with van der Waals surface area (Å²) in [6.45, 7) is 0.947. The Morgan fingerprint density at radius 2 is 2.08 bits per heavy atom. The predicted octanol–water partition coefficient (Wildman–Crippen LogP) is 1.28. The molecule has 0 spiro atoms. The highest BCUT2D eigenvalue weighted by atomic mass is 16.5. The van der Waals surface area contributed by atoms with Crippen LogP contribution >= 0.6 is 0 Å². The van der Waals surface area contributed by atoms with Crippen molar-refractivity contribution >= 4 is 17.8 Å². The number of hydrogen-bond donors (Lipinski definition) is 2. The zero-order chi connectivity index (χ0) is 18.3. The van der Waals surface area contributed by atoms with Crippen molar-refractivity contribution in [2.24, 2.45) is 0 Å². The van der Waals surface area contributed by atoms with Crippen LogP contribution in [0.1, 0.15) is 49.6 Å². The summed E-state index contributed by atoms with van der Waals surface area (Å²) in [6, 6.07) is 4.24. The first-order chi connectivity index (χ1) is 12.0. The number of carbonyl (C=O) groups is 3. The van der Waals surface area contributed by atoms with E-state index in [0.29, 0.717) is 12.8 Å². The fourth-order valence-electron chi connectivity index (χ4n) is 2.72. The van der Waals surface area contributed by atoms with Gasteiger partial charge in [-0.15, -0.1) is 0 Å². The van der Waals surface area contributed by atoms with Crippen molar-refractivity contribution in [3.05, 3.63) is 24.2 Å². The molecule has 8 heteroatoms. The lowest BCUT2D eigenvalue weighted by Gasteiger charge is -2.31. The molecule has 134 valence electrons.